The Labute approximate surface area is 264 Å². The number of amides is 2. The van der Waals surface area contributed by atoms with E-state index in [0.29, 0.717) is 51.8 Å². The van der Waals surface area contributed by atoms with Gasteiger partial charge in [-0.2, -0.15) is 5.10 Å². The lowest BCUT2D eigenvalue weighted by molar-refractivity contribution is -0.136. The second kappa shape index (κ2) is 15.3. The standard InChI is InChI=1S/C31H32Cl2N4O7/c1-4-42-26-13-20(29-28(30(39)41-3)18(2)35-31(40)36-29)8-12-25(26)44-17-27(38)37-34-15-19-5-10-23(11-6-19)43-16-21-7-9-22(32)14-24(21)33/h5-15,27,29,37-38H,4,16-17H2,1-3H3,(H2,35,36,40)/b34-15-/t27-,29-/m0/s1. The van der Waals surface area contributed by atoms with E-state index in [2.05, 4.69) is 21.2 Å². The molecule has 232 valence electrons. The predicted octanol–water partition coefficient (Wildman–Crippen LogP) is 5.09. The average Bonchev–Trinajstić information content (AvgIpc) is 3.00. The van der Waals surface area contributed by atoms with E-state index in [9.17, 15) is 14.7 Å². The maximum atomic E-state index is 12.4. The summed E-state index contributed by atoms with van der Waals surface area (Å²) in [5.41, 5.74) is 5.46. The van der Waals surface area contributed by atoms with Crippen molar-refractivity contribution in [3.63, 3.8) is 0 Å². The number of carbonyl (C=O) groups is 2. The molecule has 44 heavy (non-hydrogen) atoms. The lowest BCUT2D eigenvalue weighted by atomic mass is 9.95. The summed E-state index contributed by atoms with van der Waals surface area (Å²) in [6.07, 6.45) is 0.415. The van der Waals surface area contributed by atoms with Crippen LogP contribution in [0.4, 0.5) is 4.79 Å². The number of hydrazone groups is 1. The van der Waals surface area contributed by atoms with Crippen LogP contribution in [-0.2, 0) is 16.1 Å². The van der Waals surface area contributed by atoms with E-state index in [-0.39, 0.29) is 12.2 Å². The number of allylic oxidation sites excluding steroid dienone is 1. The fourth-order valence-electron chi connectivity index (χ4n) is 4.27. The summed E-state index contributed by atoms with van der Waals surface area (Å²) in [5.74, 6) is 0.810. The van der Waals surface area contributed by atoms with Gasteiger partial charge in [0.1, 0.15) is 19.0 Å². The first-order valence-electron chi connectivity index (χ1n) is 13.6. The number of nitrogens with zero attached hydrogens (tertiary/aromatic N) is 1. The average molecular weight is 644 g/mol. The van der Waals surface area contributed by atoms with E-state index < -0.39 is 24.3 Å². The molecule has 4 N–H and O–H groups in total. The summed E-state index contributed by atoms with van der Waals surface area (Å²) in [4.78, 5) is 24.6. The first kappa shape index (κ1) is 32.5. The van der Waals surface area contributed by atoms with Gasteiger partial charge in [0.15, 0.2) is 17.7 Å². The summed E-state index contributed by atoms with van der Waals surface area (Å²) >= 11 is 12.1. The van der Waals surface area contributed by atoms with Crippen LogP contribution in [-0.4, -0.2) is 49.9 Å². The summed E-state index contributed by atoms with van der Waals surface area (Å²) in [6, 6.07) is 16.3. The topological polar surface area (TPSA) is 140 Å². The van der Waals surface area contributed by atoms with Crippen LogP contribution in [0.2, 0.25) is 10.0 Å². The van der Waals surface area contributed by atoms with Crippen molar-refractivity contribution in [1.29, 1.82) is 0 Å². The molecule has 0 aromatic heterocycles. The van der Waals surface area contributed by atoms with Crippen LogP contribution in [0.5, 0.6) is 17.2 Å². The second-order valence-electron chi connectivity index (χ2n) is 9.51. The largest absolute Gasteiger partial charge is 0.490 e. The molecule has 0 radical (unpaired) electrons. The Morgan fingerprint density at radius 2 is 1.84 bits per heavy atom. The number of rotatable bonds is 13. The number of urea groups is 1. The minimum atomic E-state index is -1.13. The van der Waals surface area contributed by atoms with Crippen molar-refractivity contribution in [3.8, 4) is 17.2 Å². The van der Waals surface area contributed by atoms with E-state index >= 15 is 0 Å². The molecule has 13 heteroatoms. The normalized spacial score (nSPS) is 15.3. The van der Waals surface area contributed by atoms with Gasteiger partial charge in [0.25, 0.3) is 0 Å². The highest BCUT2D eigenvalue weighted by Crippen LogP contribution is 2.35. The molecule has 0 bridgehead atoms. The van der Waals surface area contributed by atoms with Crippen LogP contribution in [0.1, 0.15) is 36.6 Å². The van der Waals surface area contributed by atoms with E-state index in [4.69, 9.17) is 42.1 Å². The molecule has 4 rings (SSSR count). The van der Waals surface area contributed by atoms with Crippen molar-refractivity contribution >= 4 is 41.4 Å². The number of hydrogen-bond acceptors (Lipinski definition) is 9. The third-order valence-corrected chi connectivity index (χ3v) is 6.99. The van der Waals surface area contributed by atoms with Gasteiger partial charge in [-0.05, 0) is 73.5 Å². The van der Waals surface area contributed by atoms with E-state index in [1.54, 1.807) is 55.6 Å². The van der Waals surface area contributed by atoms with Crippen LogP contribution in [0.25, 0.3) is 0 Å². The molecular formula is C31H32Cl2N4O7. The van der Waals surface area contributed by atoms with Gasteiger partial charge < -0.3 is 34.7 Å². The molecule has 0 unspecified atom stereocenters. The van der Waals surface area contributed by atoms with Gasteiger partial charge in [0.2, 0.25) is 0 Å². The number of aliphatic hydroxyl groups is 1. The van der Waals surface area contributed by atoms with Crippen molar-refractivity contribution in [3.05, 3.63) is 98.7 Å². The number of ether oxygens (including phenoxy) is 4. The fourth-order valence-corrected chi connectivity index (χ4v) is 4.73. The third kappa shape index (κ3) is 8.56. The van der Waals surface area contributed by atoms with Crippen molar-refractivity contribution in [1.82, 2.24) is 16.1 Å². The van der Waals surface area contributed by atoms with Crippen molar-refractivity contribution in [2.45, 2.75) is 32.7 Å². The smallest absolute Gasteiger partial charge is 0.337 e. The summed E-state index contributed by atoms with van der Waals surface area (Å²) in [6.45, 7) is 3.92. The molecule has 1 aliphatic heterocycles. The molecule has 0 saturated heterocycles. The Hall–Kier alpha value is -4.45. The minimum Gasteiger partial charge on any atom is -0.490 e. The molecule has 0 fully saturated rings. The highest BCUT2D eigenvalue weighted by atomic mass is 35.5. The monoisotopic (exact) mass is 642 g/mol. The number of hydrogen-bond donors (Lipinski definition) is 4. The van der Waals surface area contributed by atoms with Gasteiger partial charge >= 0.3 is 12.0 Å². The molecule has 2 amide bonds. The van der Waals surface area contributed by atoms with Gasteiger partial charge in [0, 0.05) is 21.3 Å². The molecule has 0 saturated carbocycles. The highest BCUT2D eigenvalue weighted by molar-refractivity contribution is 6.35. The predicted molar refractivity (Wildman–Crippen MR) is 166 cm³/mol. The van der Waals surface area contributed by atoms with Gasteiger partial charge in [-0.1, -0.05) is 35.3 Å². The van der Waals surface area contributed by atoms with Crippen LogP contribution in [0.15, 0.2) is 77.0 Å². The second-order valence-corrected chi connectivity index (χ2v) is 10.4. The molecule has 0 aliphatic carbocycles. The molecule has 2 atom stereocenters. The highest BCUT2D eigenvalue weighted by Gasteiger charge is 2.32. The van der Waals surface area contributed by atoms with Gasteiger partial charge in [-0.3, -0.25) is 5.43 Å². The minimum absolute atomic E-state index is 0.146. The molecule has 11 nitrogen and oxygen atoms in total. The Balaban J connectivity index is 1.32. The van der Waals surface area contributed by atoms with Crippen LogP contribution in [0.3, 0.4) is 0 Å². The zero-order chi connectivity index (χ0) is 31.6. The molecule has 1 aliphatic rings. The number of carbonyl (C=O) groups excluding carboxylic acids is 2. The fraction of sp³-hybridized carbons (Fsp3) is 0.258. The van der Waals surface area contributed by atoms with Crippen LogP contribution >= 0.6 is 23.2 Å². The Morgan fingerprint density at radius 3 is 2.55 bits per heavy atom. The number of benzene rings is 3. The molecule has 0 spiro atoms. The first-order valence-corrected chi connectivity index (χ1v) is 14.3. The lowest BCUT2D eigenvalue weighted by Gasteiger charge is -2.28. The number of esters is 1. The third-order valence-electron chi connectivity index (χ3n) is 6.40. The lowest BCUT2D eigenvalue weighted by Crippen LogP contribution is -2.45. The number of halogens is 2. The number of aliphatic hydroxyl groups excluding tert-OH is 1. The van der Waals surface area contributed by atoms with Crippen molar-refractivity contribution < 1.29 is 33.6 Å². The number of nitrogens with one attached hydrogen (secondary N) is 3. The van der Waals surface area contributed by atoms with E-state index in [0.717, 1.165) is 11.1 Å². The maximum absolute atomic E-state index is 12.4. The first-order chi connectivity index (χ1) is 21.2. The van der Waals surface area contributed by atoms with Gasteiger partial charge in [-0.15, -0.1) is 0 Å². The Morgan fingerprint density at radius 1 is 1.07 bits per heavy atom. The number of methoxy groups -OCH3 is 1. The van der Waals surface area contributed by atoms with Gasteiger partial charge in [0.05, 0.1) is 31.5 Å². The van der Waals surface area contributed by atoms with Crippen LogP contribution in [0, 0.1) is 0 Å². The van der Waals surface area contributed by atoms with Crippen molar-refractivity contribution in [2.75, 3.05) is 20.3 Å². The Bertz CT molecular complexity index is 1550. The molecule has 3 aromatic rings. The zero-order valence-electron chi connectivity index (χ0n) is 24.2. The van der Waals surface area contributed by atoms with Gasteiger partial charge in [-0.25, -0.2) is 9.59 Å². The van der Waals surface area contributed by atoms with Crippen molar-refractivity contribution in [2.24, 2.45) is 5.10 Å². The Kier molecular flexibility index (Phi) is 11.3. The molecule has 3 aromatic carbocycles. The quantitative estimate of drug-likeness (QED) is 0.0875. The summed E-state index contributed by atoms with van der Waals surface area (Å²) in [7, 11) is 1.27. The SMILES string of the molecule is CCOc1cc([C@@H]2NC(=O)NC(C)=C2C(=O)OC)ccc1OC[C@H](O)N/N=C\c1ccc(OCc2ccc(Cl)cc2Cl)cc1. The molecular weight excluding hydrogens is 611 g/mol. The molecule has 1 heterocycles. The maximum Gasteiger partial charge on any atom is 0.337 e. The van der Waals surface area contributed by atoms with E-state index in [1.165, 1.54) is 7.11 Å². The zero-order valence-corrected chi connectivity index (χ0v) is 25.7. The van der Waals surface area contributed by atoms with E-state index in [1.807, 2.05) is 25.1 Å². The summed E-state index contributed by atoms with van der Waals surface area (Å²) in [5, 5.41) is 20.9. The van der Waals surface area contributed by atoms with Crippen LogP contribution < -0.4 is 30.3 Å². The summed E-state index contributed by atoms with van der Waals surface area (Å²) < 4.78 is 22.2.